The van der Waals surface area contributed by atoms with E-state index in [1.54, 1.807) is 0 Å². The number of aromatic nitrogens is 1. The number of anilines is 3. The number of ether oxygens (including phenoxy) is 1. The number of nitrogens with one attached hydrogen (secondary N) is 1. The molecular formula is C15H16N4OS. The maximum atomic E-state index is 9.14. The van der Waals surface area contributed by atoms with Gasteiger partial charge in [0.1, 0.15) is 16.6 Å². The second-order valence-corrected chi connectivity index (χ2v) is 5.63. The molecule has 1 aromatic carbocycles. The minimum atomic E-state index is 0.622. The summed E-state index contributed by atoms with van der Waals surface area (Å²) >= 11 is 1.32. The zero-order valence-electron chi connectivity index (χ0n) is 11.8. The van der Waals surface area contributed by atoms with Crippen molar-refractivity contribution in [3.8, 4) is 6.07 Å². The molecular weight excluding hydrogens is 284 g/mol. The molecule has 108 valence electrons. The number of nitrogens with zero attached hydrogens (tertiary/aromatic N) is 3. The van der Waals surface area contributed by atoms with Crippen molar-refractivity contribution in [3.05, 3.63) is 35.5 Å². The van der Waals surface area contributed by atoms with Gasteiger partial charge in [-0.15, -0.1) is 0 Å². The van der Waals surface area contributed by atoms with Crippen LogP contribution in [0.2, 0.25) is 0 Å². The van der Waals surface area contributed by atoms with Gasteiger partial charge in [0, 0.05) is 24.5 Å². The second-order valence-electron chi connectivity index (χ2n) is 4.86. The molecule has 2 heterocycles. The predicted molar refractivity (Wildman–Crippen MR) is 84.3 cm³/mol. The van der Waals surface area contributed by atoms with Crippen LogP contribution in [0.3, 0.4) is 0 Å². The lowest BCUT2D eigenvalue weighted by molar-refractivity contribution is 0.122. The normalized spacial score (nSPS) is 14.8. The summed E-state index contributed by atoms with van der Waals surface area (Å²) < 4.78 is 9.57. The van der Waals surface area contributed by atoms with Crippen molar-refractivity contribution in [2.75, 3.05) is 36.5 Å². The molecule has 0 radical (unpaired) electrons. The average Bonchev–Trinajstić information content (AvgIpc) is 2.89. The summed E-state index contributed by atoms with van der Waals surface area (Å²) in [7, 11) is 0. The average molecular weight is 300 g/mol. The van der Waals surface area contributed by atoms with E-state index in [0.717, 1.165) is 42.7 Å². The Morgan fingerprint density at radius 3 is 2.67 bits per heavy atom. The van der Waals surface area contributed by atoms with E-state index < -0.39 is 0 Å². The van der Waals surface area contributed by atoms with Gasteiger partial charge in [-0.25, -0.2) is 0 Å². The molecule has 0 atom stereocenters. The highest BCUT2D eigenvalue weighted by atomic mass is 32.1. The standard InChI is InChI=1S/C15H16N4OS/c1-11-14(10-16)15(21-18-11)17-12-2-4-13(5-3-12)19-6-8-20-9-7-19/h2-5,17H,6-9H2,1H3. The van der Waals surface area contributed by atoms with Gasteiger partial charge in [-0.1, -0.05) is 0 Å². The van der Waals surface area contributed by atoms with Gasteiger partial charge in [0.2, 0.25) is 0 Å². The molecule has 1 fully saturated rings. The van der Waals surface area contributed by atoms with Crippen molar-refractivity contribution in [1.29, 1.82) is 5.26 Å². The van der Waals surface area contributed by atoms with Crippen LogP contribution in [0.4, 0.5) is 16.4 Å². The van der Waals surface area contributed by atoms with Crippen LogP contribution in [0.25, 0.3) is 0 Å². The van der Waals surface area contributed by atoms with Crippen LogP contribution in [0.15, 0.2) is 24.3 Å². The summed E-state index contributed by atoms with van der Waals surface area (Å²) in [6.07, 6.45) is 0. The predicted octanol–water partition coefficient (Wildman–Crippen LogP) is 2.90. The Kier molecular flexibility index (Phi) is 4.04. The highest BCUT2D eigenvalue weighted by molar-refractivity contribution is 7.10. The molecule has 3 rings (SSSR count). The molecule has 2 aromatic rings. The van der Waals surface area contributed by atoms with Crippen molar-refractivity contribution < 1.29 is 4.74 Å². The number of benzene rings is 1. The Bertz CT molecular complexity index is 653. The van der Waals surface area contributed by atoms with Crippen LogP contribution in [0, 0.1) is 18.3 Å². The summed E-state index contributed by atoms with van der Waals surface area (Å²) in [4.78, 5) is 2.31. The molecule has 1 aliphatic heterocycles. The zero-order valence-corrected chi connectivity index (χ0v) is 12.6. The lowest BCUT2D eigenvalue weighted by atomic mass is 10.2. The number of rotatable bonds is 3. The maximum Gasteiger partial charge on any atom is 0.132 e. The lowest BCUT2D eigenvalue weighted by Gasteiger charge is -2.28. The van der Waals surface area contributed by atoms with Gasteiger partial charge >= 0.3 is 0 Å². The number of aryl methyl sites for hydroxylation is 1. The topological polar surface area (TPSA) is 61.2 Å². The molecule has 5 nitrogen and oxygen atoms in total. The van der Waals surface area contributed by atoms with Gasteiger partial charge < -0.3 is 15.0 Å². The molecule has 0 amide bonds. The van der Waals surface area contributed by atoms with E-state index in [1.165, 1.54) is 17.2 Å². The Morgan fingerprint density at radius 1 is 1.29 bits per heavy atom. The first-order chi connectivity index (χ1) is 10.3. The second kappa shape index (κ2) is 6.12. The van der Waals surface area contributed by atoms with Gasteiger partial charge in [-0.05, 0) is 42.7 Å². The van der Waals surface area contributed by atoms with Crippen molar-refractivity contribution >= 4 is 27.9 Å². The number of nitriles is 1. The third-order valence-corrected chi connectivity index (χ3v) is 4.33. The van der Waals surface area contributed by atoms with E-state index in [9.17, 15) is 0 Å². The first kappa shape index (κ1) is 13.9. The minimum absolute atomic E-state index is 0.622. The molecule has 1 saturated heterocycles. The van der Waals surface area contributed by atoms with Gasteiger partial charge in [-0.3, -0.25) is 0 Å². The van der Waals surface area contributed by atoms with Crippen LogP contribution in [-0.2, 0) is 4.74 Å². The van der Waals surface area contributed by atoms with Crippen LogP contribution in [0.1, 0.15) is 11.3 Å². The highest BCUT2D eigenvalue weighted by Crippen LogP contribution is 2.28. The van der Waals surface area contributed by atoms with Gasteiger partial charge in [0.05, 0.1) is 18.9 Å². The zero-order chi connectivity index (χ0) is 14.7. The monoisotopic (exact) mass is 300 g/mol. The highest BCUT2D eigenvalue weighted by Gasteiger charge is 2.12. The summed E-state index contributed by atoms with van der Waals surface area (Å²) in [5.74, 6) is 0. The summed E-state index contributed by atoms with van der Waals surface area (Å²) in [6.45, 7) is 5.28. The summed E-state index contributed by atoms with van der Waals surface area (Å²) in [6, 6.07) is 10.4. The molecule has 0 bridgehead atoms. The van der Waals surface area contributed by atoms with Crippen LogP contribution in [-0.4, -0.2) is 30.7 Å². The summed E-state index contributed by atoms with van der Waals surface area (Å²) in [5, 5.41) is 13.2. The fraction of sp³-hybridized carbons (Fsp3) is 0.333. The largest absolute Gasteiger partial charge is 0.378 e. The molecule has 0 aliphatic carbocycles. The van der Waals surface area contributed by atoms with Crippen molar-refractivity contribution in [2.24, 2.45) is 0 Å². The van der Waals surface area contributed by atoms with E-state index >= 15 is 0 Å². The molecule has 1 aliphatic rings. The Labute approximate surface area is 127 Å². The number of hydrogen-bond acceptors (Lipinski definition) is 6. The molecule has 21 heavy (non-hydrogen) atoms. The third-order valence-electron chi connectivity index (χ3n) is 3.48. The first-order valence-corrected chi connectivity index (χ1v) is 7.61. The maximum absolute atomic E-state index is 9.14. The fourth-order valence-electron chi connectivity index (χ4n) is 2.29. The Hall–Kier alpha value is -2.10. The molecule has 6 heteroatoms. The van der Waals surface area contributed by atoms with E-state index in [0.29, 0.717) is 5.56 Å². The van der Waals surface area contributed by atoms with Crippen LogP contribution < -0.4 is 10.2 Å². The van der Waals surface area contributed by atoms with E-state index in [1.807, 2.05) is 19.1 Å². The Balaban J connectivity index is 1.73. The molecule has 0 unspecified atom stereocenters. The van der Waals surface area contributed by atoms with Gasteiger partial charge in [-0.2, -0.15) is 9.64 Å². The third kappa shape index (κ3) is 2.99. The lowest BCUT2D eigenvalue weighted by Crippen LogP contribution is -2.36. The molecule has 1 N–H and O–H groups in total. The quantitative estimate of drug-likeness (QED) is 0.944. The van der Waals surface area contributed by atoms with E-state index in [4.69, 9.17) is 10.00 Å². The van der Waals surface area contributed by atoms with Crippen LogP contribution in [0.5, 0.6) is 0 Å². The van der Waals surface area contributed by atoms with Gasteiger partial charge in [0.25, 0.3) is 0 Å². The van der Waals surface area contributed by atoms with Gasteiger partial charge in [0.15, 0.2) is 0 Å². The molecule has 0 spiro atoms. The summed E-state index contributed by atoms with van der Waals surface area (Å²) in [5.41, 5.74) is 3.56. The number of morpholine rings is 1. The van der Waals surface area contributed by atoms with Crippen molar-refractivity contribution in [3.63, 3.8) is 0 Å². The first-order valence-electron chi connectivity index (χ1n) is 6.84. The van der Waals surface area contributed by atoms with Crippen LogP contribution >= 0.6 is 11.5 Å². The smallest absolute Gasteiger partial charge is 0.132 e. The van der Waals surface area contributed by atoms with E-state index in [-0.39, 0.29) is 0 Å². The number of hydrogen-bond donors (Lipinski definition) is 1. The van der Waals surface area contributed by atoms with E-state index in [2.05, 4.69) is 32.8 Å². The molecule has 0 saturated carbocycles. The molecule has 1 aromatic heterocycles. The van der Waals surface area contributed by atoms with Crippen molar-refractivity contribution in [1.82, 2.24) is 4.37 Å². The van der Waals surface area contributed by atoms with Crippen molar-refractivity contribution in [2.45, 2.75) is 6.92 Å². The SMILES string of the molecule is Cc1nsc(Nc2ccc(N3CCOCC3)cc2)c1C#N. The fourth-order valence-corrected chi connectivity index (χ4v) is 3.06. The Morgan fingerprint density at radius 2 is 2.00 bits per heavy atom. The minimum Gasteiger partial charge on any atom is -0.378 e.